The molecule has 6 nitrogen and oxygen atoms in total. The quantitative estimate of drug-likeness (QED) is 0.608. The molecule has 3 fully saturated rings. The number of hydrogen-bond donors (Lipinski definition) is 1. The molecule has 1 spiro atoms. The molecule has 0 aromatic heterocycles. The molecule has 3 aliphatic heterocycles. The zero-order valence-electron chi connectivity index (χ0n) is 14.7. The van der Waals surface area contributed by atoms with Gasteiger partial charge in [-0.2, -0.15) is 0 Å². The van der Waals surface area contributed by atoms with E-state index in [0.29, 0.717) is 11.3 Å². The summed E-state index contributed by atoms with van der Waals surface area (Å²) in [5, 5.41) is 3.58. The molecule has 1 N–H and O–H groups in total. The molecule has 0 amide bonds. The van der Waals surface area contributed by atoms with E-state index in [1.54, 1.807) is 0 Å². The van der Waals surface area contributed by atoms with Gasteiger partial charge >= 0.3 is 0 Å². The molecule has 0 bridgehead atoms. The van der Waals surface area contributed by atoms with Gasteiger partial charge < -0.3 is 19.7 Å². The van der Waals surface area contributed by atoms with Gasteiger partial charge in [-0.05, 0) is 18.8 Å². The van der Waals surface area contributed by atoms with Crippen molar-refractivity contribution in [3.8, 4) is 0 Å². The van der Waals surface area contributed by atoms with Gasteiger partial charge in [0.2, 0.25) is 0 Å². The average molecular weight is 324 g/mol. The molecule has 3 rings (SSSR count). The Morgan fingerprint density at radius 1 is 1.17 bits per heavy atom. The highest BCUT2D eigenvalue weighted by atomic mass is 16.5. The van der Waals surface area contributed by atoms with E-state index in [2.05, 4.69) is 27.0 Å². The number of likely N-dealkylation sites (tertiary alicyclic amines) is 1. The summed E-state index contributed by atoms with van der Waals surface area (Å²) in [7, 11) is 1.89. The second kappa shape index (κ2) is 7.81. The Labute approximate surface area is 140 Å². The molecule has 23 heavy (non-hydrogen) atoms. The molecule has 0 aliphatic carbocycles. The van der Waals surface area contributed by atoms with Crippen molar-refractivity contribution in [1.82, 2.24) is 15.1 Å². The first kappa shape index (κ1) is 17.0. The summed E-state index contributed by atoms with van der Waals surface area (Å²) < 4.78 is 11.0. The molecule has 0 aromatic rings. The lowest BCUT2D eigenvalue weighted by atomic mass is 9.87. The van der Waals surface area contributed by atoms with Crippen LogP contribution in [0.1, 0.15) is 19.8 Å². The molecular weight excluding hydrogens is 292 g/mol. The Kier molecular flexibility index (Phi) is 5.77. The van der Waals surface area contributed by atoms with Crippen molar-refractivity contribution in [2.45, 2.75) is 19.8 Å². The summed E-state index contributed by atoms with van der Waals surface area (Å²) in [4.78, 5) is 9.41. The zero-order chi connectivity index (χ0) is 16.1. The number of rotatable bonds is 4. The minimum absolute atomic E-state index is 0.386. The third-order valence-electron chi connectivity index (χ3n) is 5.42. The van der Waals surface area contributed by atoms with E-state index in [1.807, 2.05) is 7.05 Å². The molecule has 0 aromatic carbocycles. The van der Waals surface area contributed by atoms with Crippen LogP contribution in [0.15, 0.2) is 4.99 Å². The smallest absolute Gasteiger partial charge is 0.193 e. The van der Waals surface area contributed by atoms with Gasteiger partial charge in [-0.1, -0.05) is 6.92 Å². The highest BCUT2D eigenvalue weighted by Gasteiger charge is 2.42. The lowest BCUT2D eigenvalue weighted by molar-refractivity contribution is 0.0320. The normalized spacial score (nSPS) is 31.0. The number of aliphatic imine (C=N–C) groups is 1. The SMILES string of the molecule is CN=C(NCC(C)CN1CCOCC1)N1CCC2(CCOC2)C1. The Balaban J connectivity index is 1.42. The summed E-state index contributed by atoms with van der Waals surface area (Å²) in [5.74, 6) is 1.67. The van der Waals surface area contributed by atoms with Gasteiger partial charge in [0.25, 0.3) is 0 Å². The second-order valence-corrected chi connectivity index (χ2v) is 7.42. The molecule has 3 heterocycles. The molecule has 0 radical (unpaired) electrons. The van der Waals surface area contributed by atoms with E-state index in [4.69, 9.17) is 9.47 Å². The van der Waals surface area contributed by atoms with Gasteiger partial charge in [0.15, 0.2) is 5.96 Å². The van der Waals surface area contributed by atoms with Crippen LogP contribution in [0.5, 0.6) is 0 Å². The summed E-state index contributed by atoms with van der Waals surface area (Å²) in [6.45, 7) is 12.3. The number of nitrogens with zero attached hydrogens (tertiary/aromatic N) is 3. The van der Waals surface area contributed by atoms with Gasteiger partial charge in [-0.15, -0.1) is 0 Å². The summed E-state index contributed by atoms with van der Waals surface area (Å²) in [6.07, 6.45) is 2.44. The van der Waals surface area contributed by atoms with Gasteiger partial charge in [-0.3, -0.25) is 9.89 Å². The fourth-order valence-electron chi connectivity index (χ4n) is 3.97. The first-order valence-corrected chi connectivity index (χ1v) is 9.04. The van der Waals surface area contributed by atoms with Crippen LogP contribution in [0.25, 0.3) is 0 Å². The van der Waals surface area contributed by atoms with Crippen molar-refractivity contribution in [3.63, 3.8) is 0 Å². The highest BCUT2D eigenvalue weighted by molar-refractivity contribution is 5.80. The van der Waals surface area contributed by atoms with Crippen LogP contribution in [-0.4, -0.2) is 88.5 Å². The van der Waals surface area contributed by atoms with Crippen molar-refractivity contribution in [2.24, 2.45) is 16.3 Å². The van der Waals surface area contributed by atoms with Crippen LogP contribution in [0.4, 0.5) is 0 Å². The van der Waals surface area contributed by atoms with Crippen molar-refractivity contribution >= 4 is 5.96 Å². The van der Waals surface area contributed by atoms with Gasteiger partial charge in [0.05, 0.1) is 19.8 Å². The van der Waals surface area contributed by atoms with E-state index < -0.39 is 0 Å². The fourth-order valence-corrected chi connectivity index (χ4v) is 3.97. The van der Waals surface area contributed by atoms with Gasteiger partial charge in [0, 0.05) is 58.3 Å². The molecule has 132 valence electrons. The Bertz CT molecular complexity index is 403. The van der Waals surface area contributed by atoms with Crippen molar-refractivity contribution in [2.75, 3.05) is 72.7 Å². The fraction of sp³-hybridized carbons (Fsp3) is 0.941. The van der Waals surface area contributed by atoms with Crippen LogP contribution in [-0.2, 0) is 9.47 Å². The second-order valence-electron chi connectivity index (χ2n) is 7.42. The largest absolute Gasteiger partial charge is 0.381 e. The number of morpholine rings is 1. The van der Waals surface area contributed by atoms with E-state index in [9.17, 15) is 0 Å². The first-order valence-electron chi connectivity index (χ1n) is 9.04. The summed E-state index contributed by atoms with van der Waals surface area (Å²) in [5.41, 5.74) is 0.386. The predicted octanol–water partition coefficient (Wildman–Crippen LogP) is 0.643. The number of hydrogen-bond acceptors (Lipinski definition) is 4. The number of guanidine groups is 1. The predicted molar refractivity (Wildman–Crippen MR) is 91.8 cm³/mol. The van der Waals surface area contributed by atoms with Crippen LogP contribution in [0.3, 0.4) is 0 Å². The Morgan fingerprint density at radius 3 is 2.70 bits per heavy atom. The lowest BCUT2D eigenvalue weighted by Gasteiger charge is -2.30. The minimum Gasteiger partial charge on any atom is -0.381 e. The number of ether oxygens (including phenoxy) is 2. The van der Waals surface area contributed by atoms with E-state index in [0.717, 1.165) is 71.7 Å². The molecule has 2 atom stereocenters. The van der Waals surface area contributed by atoms with E-state index >= 15 is 0 Å². The standard InChI is InChI=1S/C17H32N4O2/c1-15(12-20-6-9-22-10-7-20)11-19-16(18-2)21-5-3-17(13-21)4-8-23-14-17/h15H,3-14H2,1-2H3,(H,18,19). The number of nitrogens with one attached hydrogen (secondary N) is 1. The monoisotopic (exact) mass is 324 g/mol. The third kappa shape index (κ3) is 4.37. The van der Waals surface area contributed by atoms with Crippen LogP contribution < -0.4 is 5.32 Å². The minimum atomic E-state index is 0.386. The van der Waals surface area contributed by atoms with Crippen molar-refractivity contribution in [3.05, 3.63) is 0 Å². The Hall–Kier alpha value is -0.850. The summed E-state index contributed by atoms with van der Waals surface area (Å²) in [6, 6.07) is 0. The maximum Gasteiger partial charge on any atom is 0.193 e. The molecule has 2 unspecified atom stereocenters. The van der Waals surface area contributed by atoms with Crippen molar-refractivity contribution in [1.29, 1.82) is 0 Å². The maximum atomic E-state index is 5.62. The zero-order valence-corrected chi connectivity index (χ0v) is 14.7. The lowest BCUT2D eigenvalue weighted by Crippen LogP contribution is -2.45. The highest BCUT2D eigenvalue weighted by Crippen LogP contribution is 2.38. The molecule has 6 heteroatoms. The first-order chi connectivity index (χ1) is 11.2. The van der Waals surface area contributed by atoms with Crippen LogP contribution in [0.2, 0.25) is 0 Å². The van der Waals surface area contributed by atoms with Gasteiger partial charge in [-0.25, -0.2) is 0 Å². The van der Waals surface area contributed by atoms with E-state index in [-0.39, 0.29) is 0 Å². The van der Waals surface area contributed by atoms with Crippen LogP contribution in [0, 0.1) is 11.3 Å². The third-order valence-corrected chi connectivity index (χ3v) is 5.42. The van der Waals surface area contributed by atoms with E-state index in [1.165, 1.54) is 12.8 Å². The molecule has 3 saturated heterocycles. The molecule has 3 aliphatic rings. The average Bonchev–Trinajstić information content (AvgIpc) is 3.20. The van der Waals surface area contributed by atoms with Crippen LogP contribution >= 0.6 is 0 Å². The Morgan fingerprint density at radius 2 is 2.00 bits per heavy atom. The molecular formula is C17H32N4O2. The summed E-state index contributed by atoms with van der Waals surface area (Å²) >= 11 is 0. The van der Waals surface area contributed by atoms with Gasteiger partial charge in [0.1, 0.15) is 0 Å². The molecule has 0 saturated carbocycles. The van der Waals surface area contributed by atoms with Crippen molar-refractivity contribution < 1.29 is 9.47 Å². The maximum absolute atomic E-state index is 5.62. The topological polar surface area (TPSA) is 49.3 Å².